The third-order valence-electron chi connectivity index (χ3n) is 8.84. The number of carbonyl (C=O) groups excluding carboxylic acids is 5. The first-order valence-electron chi connectivity index (χ1n) is 21.7. The van der Waals surface area contributed by atoms with Gasteiger partial charge in [0.1, 0.15) is 26.4 Å². The minimum atomic E-state index is -3.73. The first-order chi connectivity index (χ1) is 31.5. The number of aliphatic carboxylic acids is 1. The molecule has 69 heavy (non-hydrogen) atoms. The van der Waals surface area contributed by atoms with E-state index in [1.807, 2.05) is 6.92 Å². The molecule has 23 heteroatoms. The normalized spacial score (nSPS) is 11.5. The van der Waals surface area contributed by atoms with Crippen molar-refractivity contribution in [2.45, 2.75) is 144 Å². The molecule has 0 aromatic carbocycles. The number of hydrogen-bond acceptors (Lipinski definition) is 15. The van der Waals surface area contributed by atoms with Crippen molar-refractivity contribution >= 4 is 46.7 Å². The molecule has 0 radical (unpaired) electrons. The summed E-state index contributed by atoms with van der Waals surface area (Å²) in [5, 5.41) is 50.6. The minimum Gasteiger partial charge on any atom is -0.477 e. The molecule has 16 nitrogen and oxygen atoms in total. The molecule has 0 aliphatic carbocycles. The van der Waals surface area contributed by atoms with E-state index in [2.05, 4.69) is 29.2 Å². The van der Waals surface area contributed by atoms with E-state index in [0.29, 0.717) is 30.4 Å². The van der Waals surface area contributed by atoms with Gasteiger partial charge in [0.15, 0.2) is 0 Å². The lowest BCUT2D eigenvalue weighted by molar-refractivity contribution is -0.186. The highest BCUT2D eigenvalue weighted by Gasteiger charge is 2.44. The number of alkyl halides is 6. The zero-order valence-corrected chi connectivity index (χ0v) is 42.2. The van der Waals surface area contributed by atoms with E-state index in [-0.39, 0.29) is 64.5 Å². The summed E-state index contributed by atoms with van der Waals surface area (Å²) in [5.74, 6) is -17.9. The highest BCUT2D eigenvalue weighted by Crippen LogP contribution is 2.28. The Balaban J connectivity index is -0.000000292. The molecule has 0 unspecified atom stereocenters. The van der Waals surface area contributed by atoms with Crippen LogP contribution in [0, 0.1) is 16.2 Å². The van der Waals surface area contributed by atoms with Crippen molar-refractivity contribution in [3.63, 3.8) is 0 Å². The molecule has 0 rings (SSSR count). The molecule has 0 aliphatic heterocycles. The van der Waals surface area contributed by atoms with Gasteiger partial charge in [0.05, 0.1) is 38.4 Å². The first kappa shape index (κ1) is 73.9. The van der Waals surface area contributed by atoms with E-state index in [9.17, 15) is 55.1 Å². The predicted octanol–water partition coefficient (Wildman–Crippen LogP) is 7.53. The Kier molecular flexibility index (Phi) is 40.4. The second-order valence-corrected chi connectivity index (χ2v) is 17.6. The number of esters is 4. The fraction of sp³-hybridized carbons (Fsp3) is 0.739. The van der Waals surface area contributed by atoms with Gasteiger partial charge in [-0.05, 0) is 58.6 Å². The van der Waals surface area contributed by atoms with Gasteiger partial charge in [-0.1, -0.05) is 80.0 Å². The average Bonchev–Trinajstić information content (AvgIpc) is 3.29. The second-order valence-electron chi connectivity index (χ2n) is 17.2. The van der Waals surface area contributed by atoms with Crippen molar-refractivity contribution in [3.8, 4) is 0 Å². The van der Waals surface area contributed by atoms with Gasteiger partial charge < -0.3 is 49.6 Å². The Labute approximate surface area is 407 Å². The van der Waals surface area contributed by atoms with Crippen LogP contribution < -0.4 is 0 Å². The summed E-state index contributed by atoms with van der Waals surface area (Å²) in [7, 11) is 0. The van der Waals surface area contributed by atoms with E-state index in [4.69, 9.17) is 51.7 Å². The van der Waals surface area contributed by atoms with Crippen LogP contribution in [0.5, 0.6) is 0 Å². The van der Waals surface area contributed by atoms with Crippen LogP contribution in [0.1, 0.15) is 127 Å². The largest absolute Gasteiger partial charge is 0.477 e. The number of carboxylic acid groups (broad SMARTS) is 1. The number of carbonyl (C=O) groups is 6. The molecule has 0 aromatic rings. The summed E-state index contributed by atoms with van der Waals surface area (Å²) in [5.41, 5.74) is -2.29. The molecule has 406 valence electrons. The number of rotatable bonds is 29. The topological polar surface area (TPSA) is 261 Å². The van der Waals surface area contributed by atoms with Gasteiger partial charge in [0.25, 0.3) is 0 Å². The third-order valence-corrected chi connectivity index (χ3v) is 9.16. The van der Waals surface area contributed by atoms with E-state index >= 15 is 0 Å². The van der Waals surface area contributed by atoms with Crippen LogP contribution in [0.3, 0.4) is 0 Å². The summed E-state index contributed by atoms with van der Waals surface area (Å²) in [4.78, 5) is 65.8. The second kappa shape index (κ2) is 37.7. The van der Waals surface area contributed by atoms with Crippen molar-refractivity contribution in [3.05, 3.63) is 36.5 Å². The Morgan fingerprint density at radius 1 is 0.464 bits per heavy atom. The quantitative estimate of drug-likeness (QED) is 0.0106. The fourth-order valence-electron chi connectivity index (χ4n) is 3.54. The number of carboxylic acids is 1. The van der Waals surface area contributed by atoms with E-state index in [1.165, 1.54) is 20.8 Å². The number of ether oxygens (including phenoxy) is 4. The Morgan fingerprint density at radius 3 is 0.971 bits per heavy atom. The molecule has 0 bridgehead atoms. The summed E-state index contributed by atoms with van der Waals surface area (Å²) >= 11 is 4.87. The van der Waals surface area contributed by atoms with Crippen LogP contribution in [0.4, 0.5) is 26.3 Å². The average molecular weight is 1040 g/mol. The Morgan fingerprint density at radius 2 is 0.739 bits per heavy atom. The molecule has 0 saturated heterocycles. The van der Waals surface area contributed by atoms with Crippen molar-refractivity contribution < 1.29 is 105 Å². The maximum atomic E-state index is 13.8. The van der Waals surface area contributed by atoms with Crippen molar-refractivity contribution in [2.24, 2.45) is 16.2 Å². The summed E-state index contributed by atoms with van der Waals surface area (Å²) in [6.45, 7) is 21.2. The highest BCUT2D eigenvalue weighted by atomic mass is 35.5. The van der Waals surface area contributed by atoms with E-state index in [0.717, 1.165) is 6.42 Å². The Bertz CT molecular complexity index is 1510. The van der Waals surface area contributed by atoms with Crippen molar-refractivity contribution in [1.82, 2.24) is 0 Å². The van der Waals surface area contributed by atoms with E-state index < -0.39 is 108 Å². The van der Waals surface area contributed by atoms with E-state index in [1.54, 1.807) is 34.6 Å². The number of halogens is 7. The predicted molar refractivity (Wildman–Crippen MR) is 245 cm³/mol. The SMILES string of the molecule is C=C(C)C(=O)Cl.C=C(C)C(=O)OCC(C)(CO)CO.C=C(C)C(=O)OCC(C)(COC(=O)C(F)(F)CCCC)COC(=O)C(F)(F)CCCC.CC(CO)(CO)CO.CCCCCC(F)(F)C(=O)O. The molecular weight excluding hydrogens is 958 g/mol. The molecule has 0 saturated carbocycles. The van der Waals surface area contributed by atoms with Gasteiger partial charge in [-0.2, -0.15) is 26.3 Å². The zero-order valence-electron chi connectivity index (χ0n) is 41.5. The van der Waals surface area contributed by atoms with Crippen LogP contribution in [-0.2, 0) is 47.7 Å². The van der Waals surface area contributed by atoms with Gasteiger partial charge in [-0.25, -0.2) is 24.0 Å². The van der Waals surface area contributed by atoms with Crippen LogP contribution in [0.25, 0.3) is 0 Å². The maximum absolute atomic E-state index is 13.8. The molecule has 0 aromatic heterocycles. The number of hydrogen-bond donors (Lipinski definition) is 6. The van der Waals surface area contributed by atoms with Gasteiger partial charge in [0, 0.05) is 46.8 Å². The van der Waals surface area contributed by atoms with Crippen LogP contribution in [-0.4, -0.2) is 143 Å². The third kappa shape index (κ3) is 37.4. The first-order valence-corrected chi connectivity index (χ1v) is 22.1. The molecule has 0 aliphatic rings. The smallest absolute Gasteiger partial charge is 0.376 e. The van der Waals surface area contributed by atoms with Gasteiger partial charge in [-0.15, -0.1) is 0 Å². The number of unbranched alkanes of at least 4 members (excludes halogenated alkanes) is 4. The summed E-state index contributed by atoms with van der Waals surface area (Å²) in [6.07, 6.45) is 0.870. The van der Waals surface area contributed by atoms with Gasteiger partial charge in [-0.3, -0.25) is 4.79 Å². The maximum Gasteiger partial charge on any atom is 0.376 e. The standard InChI is InChI=1S/C21H32F4O6.C9H16O4.C7H12F2O2.C5H12O3.C4H5ClO/c1-6-8-10-20(22,23)17(27)30-13-19(5,12-29-16(26)15(3)4)14-31-18(28)21(24,25)11-9-7-2;1-7(2)8(12)13-6-9(3,4-10)5-11;1-2-3-4-5-7(8,9)6(10)11;1-5(2-6,3-7)4-8;1-3(2)4(5)6/h3,6-14H2,1-2,4-5H3;10-11H,1,4-6H2,2-3H3;2-5H2,1H3,(H,10,11);6-8H,2-4H2,1H3;1H2,2H3. The van der Waals surface area contributed by atoms with Crippen LogP contribution in [0.2, 0.25) is 0 Å². The van der Waals surface area contributed by atoms with Gasteiger partial charge >= 0.3 is 47.6 Å². The number of aliphatic hydroxyl groups is 5. The lowest BCUT2D eigenvalue weighted by atomic mass is 9.94. The van der Waals surface area contributed by atoms with Crippen LogP contribution in [0.15, 0.2) is 36.5 Å². The minimum absolute atomic E-state index is 0.00824. The monoisotopic (exact) mass is 1030 g/mol. The molecule has 0 atom stereocenters. The fourth-order valence-corrected chi connectivity index (χ4v) is 3.54. The lowest BCUT2D eigenvalue weighted by Gasteiger charge is -2.29. The Hall–Kier alpha value is -4.09. The van der Waals surface area contributed by atoms with Crippen molar-refractivity contribution in [1.29, 1.82) is 0 Å². The molecule has 6 N–H and O–H groups in total. The summed E-state index contributed by atoms with van der Waals surface area (Å²) in [6, 6.07) is 0. The molecule has 0 heterocycles. The molecule has 0 fully saturated rings. The van der Waals surface area contributed by atoms with Crippen molar-refractivity contribution in [2.75, 3.05) is 59.5 Å². The number of aliphatic hydroxyl groups excluding tert-OH is 5. The number of allylic oxidation sites excluding steroid dienone is 1. The lowest BCUT2D eigenvalue weighted by Crippen LogP contribution is -2.41. The van der Waals surface area contributed by atoms with Crippen LogP contribution >= 0.6 is 11.6 Å². The molecule has 0 amide bonds. The summed E-state index contributed by atoms with van der Waals surface area (Å²) < 4.78 is 98.9. The highest BCUT2D eigenvalue weighted by molar-refractivity contribution is 6.67. The zero-order chi connectivity index (χ0) is 55.5. The molecule has 0 spiro atoms. The van der Waals surface area contributed by atoms with Gasteiger partial charge in [0.2, 0.25) is 5.24 Å². The molecular formula is C46H77ClF6O16.